The number of amides is 4. The number of aliphatic hydroxyl groups is 2. The first-order chi connectivity index (χ1) is 32.7. The average Bonchev–Trinajstić information content (AvgIpc) is 3.36. The van der Waals surface area contributed by atoms with Gasteiger partial charge in [-0.15, -0.1) is 0 Å². The largest absolute Gasteiger partial charge is 0.445 e. The summed E-state index contributed by atoms with van der Waals surface area (Å²) < 4.78 is 35.4. The standard InChI is InChI=1S/C51H56N4O12/c56-44-42(53-49(59)63-32-37-20-10-3-11-21-37)28-43(54-50(60)64-33-38-22-12-4-13-23-38)46(45(44)57)67-47-41(52-48(58)62-31-36-18-8-2-9-19-36)27-26-40(66-47)30-55(29-35-16-6-1-7-17-35)51(61)65-34-39-24-14-5-15-25-39/h1-25,40-47,56-57H,26-34H2,(H,52,58)(H,53,59)(H,54,60)/t40-,41+,42+,43-,44-,45+,46+,47+/m0/s1. The third-order valence-corrected chi connectivity index (χ3v) is 11.4. The van der Waals surface area contributed by atoms with Crippen LogP contribution in [-0.4, -0.2) is 94.9 Å². The van der Waals surface area contributed by atoms with Gasteiger partial charge in [0.05, 0.1) is 30.8 Å². The maximum Gasteiger partial charge on any atom is 0.410 e. The highest BCUT2D eigenvalue weighted by molar-refractivity contribution is 5.69. The summed E-state index contributed by atoms with van der Waals surface area (Å²) in [4.78, 5) is 55.1. The Morgan fingerprint density at radius 2 is 0.910 bits per heavy atom. The molecule has 16 nitrogen and oxygen atoms in total. The predicted octanol–water partition coefficient (Wildman–Crippen LogP) is 6.73. The van der Waals surface area contributed by atoms with Crippen LogP contribution in [-0.2, 0) is 61.4 Å². The van der Waals surface area contributed by atoms with Crippen molar-refractivity contribution in [2.75, 3.05) is 6.54 Å². The van der Waals surface area contributed by atoms with E-state index >= 15 is 0 Å². The third kappa shape index (κ3) is 14.8. The molecule has 2 fully saturated rings. The number of carbonyl (C=O) groups excluding carboxylic acids is 4. The molecule has 7 rings (SSSR count). The zero-order valence-electron chi connectivity index (χ0n) is 36.8. The second-order valence-corrected chi connectivity index (χ2v) is 16.4. The predicted molar refractivity (Wildman–Crippen MR) is 244 cm³/mol. The van der Waals surface area contributed by atoms with Crippen molar-refractivity contribution in [3.05, 3.63) is 179 Å². The Hall–Kier alpha value is -6.98. The summed E-state index contributed by atoms with van der Waals surface area (Å²) >= 11 is 0. The molecule has 0 bridgehead atoms. The van der Waals surface area contributed by atoms with Crippen LogP contribution in [0.15, 0.2) is 152 Å². The highest BCUT2D eigenvalue weighted by atomic mass is 16.7. The lowest BCUT2D eigenvalue weighted by Gasteiger charge is -2.46. The molecule has 16 heteroatoms. The molecule has 1 heterocycles. The van der Waals surface area contributed by atoms with Crippen molar-refractivity contribution in [1.82, 2.24) is 20.9 Å². The van der Waals surface area contributed by atoms with E-state index in [2.05, 4.69) is 16.0 Å². The number of nitrogens with zero attached hydrogens (tertiary/aromatic N) is 1. The van der Waals surface area contributed by atoms with Gasteiger partial charge in [0.15, 0.2) is 6.29 Å². The molecule has 5 aromatic carbocycles. The molecule has 352 valence electrons. The first kappa shape index (κ1) is 48.0. The number of hydrogen-bond donors (Lipinski definition) is 5. The monoisotopic (exact) mass is 916 g/mol. The summed E-state index contributed by atoms with van der Waals surface area (Å²) in [5.41, 5.74) is 3.89. The van der Waals surface area contributed by atoms with Gasteiger partial charge in [0.2, 0.25) is 0 Å². The van der Waals surface area contributed by atoms with Gasteiger partial charge < -0.3 is 59.5 Å². The van der Waals surface area contributed by atoms with Crippen molar-refractivity contribution >= 4 is 24.4 Å². The summed E-state index contributed by atoms with van der Waals surface area (Å²) in [6.45, 7) is 0.160. The van der Waals surface area contributed by atoms with Gasteiger partial charge in [0, 0.05) is 6.54 Å². The molecule has 1 aliphatic carbocycles. The zero-order valence-corrected chi connectivity index (χ0v) is 36.8. The molecule has 0 radical (unpaired) electrons. The average molecular weight is 917 g/mol. The van der Waals surface area contributed by atoms with Crippen LogP contribution in [0.25, 0.3) is 0 Å². The highest BCUT2D eigenvalue weighted by Crippen LogP contribution is 2.30. The summed E-state index contributed by atoms with van der Waals surface area (Å²) in [7, 11) is 0. The van der Waals surface area contributed by atoms with Crippen LogP contribution in [0.2, 0.25) is 0 Å². The number of rotatable bonds is 17. The number of carbonyl (C=O) groups is 4. The Bertz CT molecular complexity index is 2300. The quantitative estimate of drug-likeness (QED) is 0.0617. The highest BCUT2D eigenvalue weighted by Gasteiger charge is 2.48. The molecule has 0 unspecified atom stereocenters. The fourth-order valence-corrected chi connectivity index (χ4v) is 7.90. The molecule has 1 saturated heterocycles. The number of hydrogen-bond acceptors (Lipinski definition) is 12. The second kappa shape index (κ2) is 24.5. The fourth-order valence-electron chi connectivity index (χ4n) is 7.90. The summed E-state index contributed by atoms with van der Waals surface area (Å²) in [6.07, 6.45) is -9.32. The van der Waals surface area contributed by atoms with E-state index in [1.54, 1.807) is 48.5 Å². The zero-order chi connectivity index (χ0) is 46.8. The van der Waals surface area contributed by atoms with Gasteiger partial charge in [-0.05, 0) is 47.1 Å². The van der Waals surface area contributed by atoms with Crippen molar-refractivity contribution in [3.63, 3.8) is 0 Å². The molecule has 1 saturated carbocycles. The molecule has 2 aliphatic rings. The SMILES string of the molecule is O=C(N[C@H]1C[C@@H](NC(=O)OCc2ccccc2)[C@H](O)[C@@H](O)[C@@H]1O[C@H]1O[C@H](CN(Cc2ccccc2)C(=O)OCc2ccccc2)CC[C@H]1NC(=O)OCc1ccccc1)OCc1ccccc1. The maximum atomic E-state index is 13.8. The normalized spacial score (nSPS) is 22.3. The van der Waals surface area contributed by atoms with Gasteiger partial charge in [-0.1, -0.05) is 152 Å². The Balaban J connectivity index is 1.10. The molecule has 4 amide bonds. The van der Waals surface area contributed by atoms with Gasteiger partial charge in [-0.3, -0.25) is 0 Å². The van der Waals surface area contributed by atoms with Crippen LogP contribution in [0.3, 0.4) is 0 Å². The van der Waals surface area contributed by atoms with Crippen molar-refractivity contribution in [1.29, 1.82) is 0 Å². The fraction of sp³-hybridized carbons (Fsp3) is 0.333. The van der Waals surface area contributed by atoms with E-state index in [1.807, 2.05) is 103 Å². The van der Waals surface area contributed by atoms with E-state index in [1.165, 1.54) is 4.90 Å². The van der Waals surface area contributed by atoms with Crippen molar-refractivity contribution in [2.24, 2.45) is 0 Å². The smallest absolute Gasteiger partial charge is 0.410 e. The maximum absolute atomic E-state index is 13.8. The molecule has 8 atom stereocenters. The first-order valence-electron chi connectivity index (χ1n) is 22.2. The van der Waals surface area contributed by atoms with E-state index < -0.39 is 73.2 Å². The Labute approximate surface area is 389 Å². The first-order valence-corrected chi connectivity index (χ1v) is 22.2. The molecule has 5 N–H and O–H groups in total. The number of nitrogens with one attached hydrogen (secondary N) is 3. The lowest BCUT2D eigenvalue weighted by atomic mass is 9.83. The summed E-state index contributed by atoms with van der Waals surface area (Å²) in [5.74, 6) is 0. The van der Waals surface area contributed by atoms with Gasteiger partial charge >= 0.3 is 24.4 Å². The van der Waals surface area contributed by atoms with Crippen molar-refractivity contribution in [3.8, 4) is 0 Å². The topological polar surface area (TPSA) is 203 Å². The van der Waals surface area contributed by atoms with Crippen LogP contribution in [0.4, 0.5) is 19.2 Å². The number of alkyl carbamates (subject to hydrolysis) is 3. The van der Waals surface area contributed by atoms with E-state index in [-0.39, 0.29) is 52.4 Å². The van der Waals surface area contributed by atoms with E-state index in [4.69, 9.17) is 28.4 Å². The lowest BCUT2D eigenvalue weighted by molar-refractivity contribution is -0.259. The molecule has 1 aliphatic heterocycles. The Morgan fingerprint density at radius 1 is 0.507 bits per heavy atom. The van der Waals surface area contributed by atoms with Crippen molar-refractivity contribution < 1.29 is 57.8 Å². The lowest BCUT2D eigenvalue weighted by Crippen LogP contribution is -2.67. The van der Waals surface area contributed by atoms with Crippen LogP contribution in [0, 0.1) is 0 Å². The van der Waals surface area contributed by atoms with Gasteiger partial charge in [0.1, 0.15) is 44.7 Å². The van der Waals surface area contributed by atoms with E-state index in [0.29, 0.717) is 6.42 Å². The minimum atomic E-state index is -1.73. The summed E-state index contributed by atoms with van der Waals surface area (Å²) in [6, 6.07) is 42.8. The minimum absolute atomic E-state index is 0.0132. The number of aliphatic hydroxyl groups excluding tert-OH is 2. The molecule has 0 spiro atoms. The molecular weight excluding hydrogens is 861 g/mol. The minimum Gasteiger partial charge on any atom is -0.445 e. The van der Waals surface area contributed by atoms with Crippen molar-refractivity contribution in [2.45, 2.75) is 101 Å². The van der Waals surface area contributed by atoms with Gasteiger partial charge in [-0.2, -0.15) is 0 Å². The van der Waals surface area contributed by atoms with E-state index in [0.717, 1.165) is 27.8 Å². The molecule has 67 heavy (non-hydrogen) atoms. The van der Waals surface area contributed by atoms with E-state index in [9.17, 15) is 29.4 Å². The van der Waals surface area contributed by atoms with Crippen LogP contribution in [0.5, 0.6) is 0 Å². The number of benzene rings is 5. The van der Waals surface area contributed by atoms with Crippen LogP contribution >= 0.6 is 0 Å². The molecule has 0 aromatic heterocycles. The van der Waals surface area contributed by atoms with Gasteiger partial charge in [-0.25, -0.2) is 19.2 Å². The van der Waals surface area contributed by atoms with Crippen LogP contribution in [0.1, 0.15) is 47.1 Å². The molecule has 5 aromatic rings. The summed E-state index contributed by atoms with van der Waals surface area (Å²) in [5, 5.41) is 31.6. The Kier molecular flexibility index (Phi) is 17.6. The molecular formula is C51H56N4O12. The number of ether oxygens (including phenoxy) is 6. The third-order valence-electron chi connectivity index (χ3n) is 11.4. The second-order valence-electron chi connectivity index (χ2n) is 16.4. The van der Waals surface area contributed by atoms with Gasteiger partial charge in [0.25, 0.3) is 0 Å². The van der Waals surface area contributed by atoms with Crippen LogP contribution < -0.4 is 16.0 Å². The Morgan fingerprint density at radius 3 is 1.37 bits per heavy atom.